The fourth-order valence-corrected chi connectivity index (χ4v) is 2.45. The van der Waals surface area contributed by atoms with E-state index in [-0.39, 0.29) is 0 Å². The maximum atomic E-state index is 5.70. The van der Waals surface area contributed by atoms with E-state index in [4.69, 9.17) is 5.73 Å². The van der Waals surface area contributed by atoms with Crippen LogP contribution in [0.25, 0.3) is 0 Å². The Morgan fingerprint density at radius 1 is 1.43 bits per heavy atom. The van der Waals surface area contributed by atoms with Gasteiger partial charge >= 0.3 is 0 Å². The summed E-state index contributed by atoms with van der Waals surface area (Å²) in [6, 6.07) is 0.778. The third kappa shape index (κ3) is 1.27. The van der Waals surface area contributed by atoms with E-state index < -0.39 is 0 Å². The summed E-state index contributed by atoms with van der Waals surface area (Å²) in [5, 5.41) is 0. The van der Waals surface area contributed by atoms with Crippen LogP contribution in [0.4, 0.5) is 0 Å². The molecule has 3 rings (SSSR count). The summed E-state index contributed by atoms with van der Waals surface area (Å²) in [5.74, 6) is 0.671. The van der Waals surface area contributed by atoms with E-state index in [9.17, 15) is 0 Å². The molecule has 1 aromatic rings. The lowest BCUT2D eigenvalue weighted by Gasteiger charge is -2.21. The molecule has 3 nitrogen and oxygen atoms in total. The first-order chi connectivity index (χ1) is 6.88. The third-order valence-corrected chi connectivity index (χ3v) is 3.53. The van der Waals surface area contributed by atoms with E-state index in [0.29, 0.717) is 5.92 Å². The van der Waals surface area contributed by atoms with Gasteiger partial charge in [-0.3, -0.25) is 0 Å². The molecule has 3 heteroatoms. The molecule has 1 unspecified atom stereocenters. The van der Waals surface area contributed by atoms with Crippen LogP contribution in [0.2, 0.25) is 0 Å². The minimum Gasteiger partial charge on any atom is -0.331 e. The molecule has 1 saturated carbocycles. The van der Waals surface area contributed by atoms with E-state index in [1.165, 1.54) is 37.1 Å². The molecule has 0 saturated heterocycles. The van der Waals surface area contributed by atoms with Crippen molar-refractivity contribution in [3.8, 4) is 0 Å². The minimum absolute atomic E-state index is 0.671. The molecular formula is C11H17N3. The molecule has 2 N–H and O–H groups in total. The van der Waals surface area contributed by atoms with Gasteiger partial charge in [-0.25, -0.2) is 4.98 Å². The third-order valence-electron chi connectivity index (χ3n) is 3.53. The molecular weight excluding hydrogens is 174 g/mol. The second kappa shape index (κ2) is 3.09. The molecule has 76 valence electrons. The molecule has 2 aliphatic rings. The van der Waals surface area contributed by atoms with Crippen LogP contribution in [-0.2, 0) is 12.8 Å². The zero-order valence-electron chi connectivity index (χ0n) is 8.45. The number of fused-ring (bicyclic) bond motifs is 1. The Morgan fingerprint density at radius 2 is 2.29 bits per heavy atom. The maximum Gasteiger partial charge on any atom is 0.0954 e. The SMILES string of the molecule is NCC1CCc2c(ncn2C2CC2)C1. The van der Waals surface area contributed by atoms with E-state index in [1.807, 2.05) is 6.33 Å². The average Bonchev–Trinajstić information content (AvgIpc) is 2.98. The highest BCUT2D eigenvalue weighted by Crippen LogP contribution is 2.38. The minimum atomic E-state index is 0.671. The predicted octanol–water partition coefficient (Wildman–Crippen LogP) is 1.28. The normalized spacial score (nSPS) is 26.2. The monoisotopic (exact) mass is 191 g/mol. The Balaban J connectivity index is 1.88. The second-order valence-corrected chi connectivity index (χ2v) is 4.62. The van der Waals surface area contributed by atoms with Gasteiger partial charge in [-0.2, -0.15) is 0 Å². The lowest BCUT2D eigenvalue weighted by Crippen LogP contribution is -2.23. The van der Waals surface area contributed by atoms with Gasteiger partial charge < -0.3 is 10.3 Å². The fourth-order valence-electron chi connectivity index (χ4n) is 2.45. The molecule has 0 bridgehead atoms. The molecule has 1 heterocycles. The van der Waals surface area contributed by atoms with Gasteiger partial charge in [0.1, 0.15) is 0 Å². The van der Waals surface area contributed by atoms with Crippen molar-refractivity contribution in [2.45, 2.75) is 38.1 Å². The first kappa shape index (κ1) is 8.48. The van der Waals surface area contributed by atoms with Crippen molar-refractivity contribution in [3.05, 3.63) is 17.7 Å². The summed E-state index contributed by atoms with van der Waals surface area (Å²) in [4.78, 5) is 4.52. The number of imidazole rings is 1. The van der Waals surface area contributed by atoms with E-state index in [1.54, 1.807) is 0 Å². The zero-order chi connectivity index (χ0) is 9.54. The molecule has 1 aromatic heterocycles. The highest BCUT2D eigenvalue weighted by atomic mass is 15.1. The second-order valence-electron chi connectivity index (χ2n) is 4.62. The number of hydrogen-bond acceptors (Lipinski definition) is 2. The Morgan fingerprint density at radius 3 is 3.00 bits per heavy atom. The van der Waals surface area contributed by atoms with E-state index in [0.717, 1.165) is 19.0 Å². The van der Waals surface area contributed by atoms with Gasteiger partial charge in [0.2, 0.25) is 0 Å². The van der Waals surface area contributed by atoms with Crippen LogP contribution in [0.5, 0.6) is 0 Å². The molecule has 0 amide bonds. The lowest BCUT2D eigenvalue weighted by molar-refractivity contribution is 0.452. The van der Waals surface area contributed by atoms with Crippen LogP contribution in [0.3, 0.4) is 0 Å². The Hall–Kier alpha value is -0.830. The Kier molecular flexibility index (Phi) is 1.87. The molecule has 0 spiro atoms. The molecule has 0 radical (unpaired) electrons. The van der Waals surface area contributed by atoms with Gasteiger partial charge in [0, 0.05) is 11.7 Å². The van der Waals surface area contributed by atoms with Gasteiger partial charge in [0.15, 0.2) is 0 Å². The van der Waals surface area contributed by atoms with Crippen LogP contribution in [0, 0.1) is 5.92 Å². The van der Waals surface area contributed by atoms with E-state index in [2.05, 4.69) is 9.55 Å². The number of nitrogens with two attached hydrogens (primary N) is 1. The zero-order valence-corrected chi connectivity index (χ0v) is 8.45. The van der Waals surface area contributed by atoms with Crippen molar-refractivity contribution in [1.82, 2.24) is 9.55 Å². The summed E-state index contributed by atoms with van der Waals surface area (Å²) in [5.41, 5.74) is 8.52. The smallest absolute Gasteiger partial charge is 0.0954 e. The van der Waals surface area contributed by atoms with Crippen LogP contribution < -0.4 is 5.73 Å². The van der Waals surface area contributed by atoms with Crippen molar-refractivity contribution in [1.29, 1.82) is 0 Å². The van der Waals surface area contributed by atoms with Crippen LogP contribution >= 0.6 is 0 Å². The molecule has 1 atom stereocenters. The van der Waals surface area contributed by atoms with Crippen molar-refractivity contribution >= 4 is 0 Å². The number of aromatic nitrogens is 2. The molecule has 2 aliphatic carbocycles. The first-order valence-corrected chi connectivity index (χ1v) is 5.63. The first-order valence-electron chi connectivity index (χ1n) is 5.63. The quantitative estimate of drug-likeness (QED) is 0.765. The molecule has 1 fully saturated rings. The van der Waals surface area contributed by atoms with Crippen LogP contribution in [0.1, 0.15) is 36.7 Å². The van der Waals surface area contributed by atoms with Crippen LogP contribution in [0.15, 0.2) is 6.33 Å². The largest absolute Gasteiger partial charge is 0.331 e. The highest BCUT2D eigenvalue weighted by Gasteiger charge is 2.29. The number of nitrogens with zero attached hydrogens (tertiary/aromatic N) is 2. The van der Waals surface area contributed by atoms with Gasteiger partial charge in [0.25, 0.3) is 0 Å². The predicted molar refractivity (Wildman–Crippen MR) is 55.1 cm³/mol. The van der Waals surface area contributed by atoms with E-state index >= 15 is 0 Å². The number of hydrogen-bond donors (Lipinski definition) is 1. The Labute approximate surface area is 84.3 Å². The summed E-state index contributed by atoms with van der Waals surface area (Å²) < 4.78 is 2.40. The van der Waals surface area contributed by atoms with Crippen molar-refractivity contribution in [2.75, 3.05) is 6.54 Å². The van der Waals surface area contributed by atoms with Gasteiger partial charge in [-0.05, 0) is 44.6 Å². The van der Waals surface area contributed by atoms with Crippen molar-refractivity contribution < 1.29 is 0 Å². The maximum absolute atomic E-state index is 5.70. The number of rotatable bonds is 2. The van der Waals surface area contributed by atoms with Crippen LogP contribution in [-0.4, -0.2) is 16.1 Å². The summed E-state index contributed by atoms with van der Waals surface area (Å²) in [6.07, 6.45) is 8.29. The molecule has 14 heavy (non-hydrogen) atoms. The fraction of sp³-hybridized carbons (Fsp3) is 0.727. The summed E-state index contributed by atoms with van der Waals surface area (Å²) >= 11 is 0. The topological polar surface area (TPSA) is 43.8 Å². The molecule has 0 aromatic carbocycles. The Bertz CT molecular complexity index is 338. The highest BCUT2D eigenvalue weighted by molar-refractivity contribution is 5.19. The van der Waals surface area contributed by atoms with Crippen molar-refractivity contribution in [2.24, 2.45) is 11.7 Å². The van der Waals surface area contributed by atoms with Gasteiger partial charge in [0.05, 0.1) is 12.0 Å². The summed E-state index contributed by atoms with van der Waals surface area (Å²) in [7, 11) is 0. The van der Waals surface area contributed by atoms with Crippen molar-refractivity contribution in [3.63, 3.8) is 0 Å². The van der Waals surface area contributed by atoms with Gasteiger partial charge in [-0.1, -0.05) is 0 Å². The average molecular weight is 191 g/mol. The summed E-state index contributed by atoms with van der Waals surface area (Å²) in [6.45, 7) is 0.815. The molecule has 0 aliphatic heterocycles. The standard InChI is InChI=1S/C11H17N3/c12-6-8-1-4-11-10(5-8)13-7-14(11)9-2-3-9/h7-9H,1-6,12H2. The lowest BCUT2D eigenvalue weighted by atomic mass is 9.90. The van der Waals surface area contributed by atoms with Gasteiger partial charge in [-0.15, -0.1) is 0 Å².